The third kappa shape index (κ3) is 4.71. The standard InChI is InChI=1S/C24H23ClN2O4/c25-22-11-5-10-20(27-22)23(29)21(28)12-13-26-24(30)31-14-19-17-8-3-1-6-15(17)16-7-2-4-9-18(16)19/h1-11,19,21,23,28-29H,12-14H2,(H,26,30). The number of halogens is 1. The lowest BCUT2D eigenvalue weighted by molar-refractivity contribution is 0.0112. The van der Waals surface area contributed by atoms with Crippen molar-refractivity contribution in [3.8, 4) is 11.1 Å². The zero-order chi connectivity index (χ0) is 21.8. The number of hydrogen-bond acceptors (Lipinski definition) is 5. The molecule has 1 aliphatic carbocycles. The third-order valence-corrected chi connectivity index (χ3v) is 5.67. The van der Waals surface area contributed by atoms with Crippen molar-refractivity contribution < 1.29 is 19.7 Å². The van der Waals surface area contributed by atoms with Crippen LogP contribution in [0.4, 0.5) is 4.79 Å². The van der Waals surface area contributed by atoms with Crippen LogP contribution in [0.15, 0.2) is 66.7 Å². The molecule has 4 rings (SSSR count). The fourth-order valence-electron chi connectivity index (χ4n) is 3.92. The molecule has 0 bridgehead atoms. The molecule has 0 saturated carbocycles. The molecule has 0 radical (unpaired) electrons. The van der Waals surface area contributed by atoms with Crippen molar-refractivity contribution in [2.75, 3.05) is 13.2 Å². The second-order valence-electron chi connectivity index (χ2n) is 7.44. The van der Waals surface area contributed by atoms with Crippen LogP contribution in [0.25, 0.3) is 11.1 Å². The minimum Gasteiger partial charge on any atom is -0.449 e. The molecule has 1 aliphatic rings. The molecule has 0 fully saturated rings. The molecule has 0 saturated heterocycles. The number of nitrogens with zero attached hydrogens (tertiary/aromatic N) is 1. The number of ether oxygens (including phenoxy) is 1. The molecular weight excluding hydrogens is 416 g/mol. The lowest BCUT2D eigenvalue weighted by atomic mass is 9.98. The number of benzene rings is 2. The first-order valence-electron chi connectivity index (χ1n) is 10.1. The molecule has 1 amide bonds. The van der Waals surface area contributed by atoms with E-state index in [0.29, 0.717) is 0 Å². The molecule has 6 nitrogen and oxygen atoms in total. The largest absolute Gasteiger partial charge is 0.449 e. The number of pyridine rings is 1. The average Bonchev–Trinajstić information content (AvgIpc) is 3.11. The number of aliphatic hydroxyl groups is 2. The third-order valence-electron chi connectivity index (χ3n) is 5.46. The normalized spacial score (nSPS) is 14.4. The number of amides is 1. The van der Waals surface area contributed by atoms with Gasteiger partial charge in [0.15, 0.2) is 0 Å². The number of aliphatic hydroxyl groups excluding tert-OH is 2. The van der Waals surface area contributed by atoms with Gasteiger partial charge >= 0.3 is 6.09 Å². The lowest BCUT2D eigenvalue weighted by Crippen LogP contribution is -2.30. The van der Waals surface area contributed by atoms with Crippen LogP contribution in [0.1, 0.15) is 35.3 Å². The lowest BCUT2D eigenvalue weighted by Gasteiger charge is -2.18. The highest BCUT2D eigenvalue weighted by Gasteiger charge is 2.29. The second-order valence-corrected chi connectivity index (χ2v) is 7.83. The Labute approximate surface area is 185 Å². The van der Waals surface area contributed by atoms with Crippen LogP contribution < -0.4 is 5.32 Å². The SMILES string of the molecule is O=C(NCCC(O)C(O)c1cccc(Cl)n1)OCC1c2ccccc2-c2ccccc21. The van der Waals surface area contributed by atoms with Crippen molar-refractivity contribution in [3.05, 3.63) is 88.7 Å². The Bertz CT molecular complexity index is 1030. The van der Waals surface area contributed by atoms with Gasteiger partial charge in [0, 0.05) is 12.5 Å². The topological polar surface area (TPSA) is 91.7 Å². The Hall–Kier alpha value is -2.93. The molecule has 160 valence electrons. The molecule has 3 N–H and O–H groups in total. The van der Waals surface area contributed by atoms with Gasteiger partial charge < -0.3 is 20.3 Å². The minimum absolute atomic E-state index is 0.0144. The molecule has 2 unspecified atom stereocenters. The molecule has 3 aromatic rings. The fraction of sp³-hybridized carbons (Fsp3) is 0.250. The summed E-state index contributed by atoms with van der Waals surface area (Å²) in [5.74, 6) is -0.0144. The van der Waals surface area contributed by atoms with Gasteiger partial charge in [0.2, 0.25) is 0 Å². The van der Waals surface area contributed by atoms with E-state index in [4.69, 9.17) is 16.3 Å². The predicted molar refractivity (Wildman–Crippen MR) is 118 cm³/mol. The number of nitrogens with one attached hydrogen (secondary N) is 1. The van der Waals surface area contributed by atoms with E-state index in [1.54, 1.807) is 18.2 Å². The molecular formula is C24H23ClN2O4. The minimum atomic E-state index is -1.19. The van der Waals surface area contributed by atoms with E-state index in [0.717, 1.165) is 11.1 Å². The number of alkyl carbamates (subject to hydrolysis) is 1. The number of aromatic nitrogens is 1. The van der Waals surface area contributed by atoms with Gasteiger partial charge in [0.05, 0.1) is 11.8 Å². The summed E-state index contributed by atoms with van der Waals surface area (Å²) in [5, 5.41) is 23.2. The first-order chi connectivity index (χ1) is 15.0. The number of fused-ring (bicyclic) bond motifs is 3. The van der Waals surface area contributed by atoms with Crippen LogP contribution in [0, 0.1) is 0 Å². The van der Waals surface area contributed by atoms with Gasteiger partial charge in [0.25, 0.3) is 0 Å². The van der Waals surface area contributed by atoms with Crippen LogP contribution in [0.3, 0.4) is 0 Å². The van der Waals surface area contributed by atoms with Crippen molar-refractivity contribution in [3.63, 3.8) is 0 Å². The summed E-state index contributed by atoms with van der Waals surface area (Å²) in [4.78, 5) is 16.2. The molecule has 0 aliphatic heterocycles. The summed E-state index contributed by atoms with van der Waals surface area (Å²) in [6.07, 6.45) is -2.72. The Balaban J connectivity index is 1.28. The molecule has 2 aromatic carbocycles. The number of carbonyl (C=O) groups is 1. The van der Waals surface area contributed by atoms with Gasteiger partial charge in [-0.15, -0.1) is 0 Å². The smallest absolute Gasteiger partial charge is 0.407 e. The summed E-state index contributed by atoms with van der Waals surface area (Å²) in [6, 6.07) is 21.1. The molecule has 31 heavy (non-hydrogen) atoms. The van der Waals surface area contributed by atoms with Gasteiger partial charge in [0.1, 0.15) is 17.9 Å². The maximum absolute atomic E-state index is 12.2. The maximum atomic E-state index is 12.2. The van der Waals surface area contributed by atoms with Crippen LogP contribution in [-0.4, -0.2) is 40.5 Å². The summed E-state index contributed by atoms with van der Waals surface area (Å²) in [6.45, 7) is 0.368. The number of carbonyl (C=O) groups excluding carboxylic acids is 1. The van der Waals surface area contributed by atoms with E-state index in [9.17, 15) is 15.0 Å². The molecule has 0 spiro atoms. The highest BCUT2D eigenvalue weighted by Crippen LogP contribution is 2.44. The van der Waals surface area contributed by atoms with E-state index in [-0.39, 0.29) is 36.3 Å². The molecule has 1 aromatic heterocycles. The first-order valence-corrected chi connectivity index (χ1v) is 10.5. The Morgan fingerprint density at radius 2 is 1.65 bits per heavy atom. The maximum Gasteiger partial charge on any atom is 0.407 e. The zero-order valence-electron chi connectivity index (χ0n) is 16.7. The molecule has 7 heteroatoms. The van der Waals surface area contributed by atoms with Gasteiger partial charge in [-0.1, -0.05) is 66.2 Å². The fourth-order valence-corrected chi connectivity index (χ4v) is 4.09. The van der Waals surface area contributed by atoms with E-state index < -0.39 is 18.3 Å². The van der Waals surface area contributed by atoms with Gasteiger partial charge in [-0.3, -0.25) is 0 Å². The molecule has 1 heterocycles. The Morgan fingerprint density at radius 3 is 2.29 bits per heavy atom. The summed E-state index contributed by atoms with van der Waals surface area (Å²) in [7, 11) is 0. The van der Waals surface area contributed by atoms with Gasteiger partial charge in [-0.05, 0) is 40.8 Å². The molecule has 2 atom stereocenters. The Morgan fingerprint density at radius 1 is 1.00 bits per heavy atom. The quantitative estimate of drug-likeness (QED) is 0.484. The number of rotatable bonds is 7. The highest BCUT2D eigenvalue weighted by molar-refractivity contribution is 6.29. The first kappa shape index (κ1) is 21.3. The van der Waals surface area contributed by atoms with E-state index in [1.807, 2.05) is 24.3 Å². The average molecular weight is 439 g/mol. The predicted octanol–water partition coefficient (Wildman–Crippen LogP) is 4.06. The van der Waals surface area contributed by atoms with Crippen molar-refractivity contribution in [2.45, 2.75) is 24.5 Å². The van der Waals surface area contributed by atoms with E-state index >= 15 is 0 Å². The van der Waals surface area contributed by atoms with Crippen molar-refractivity contribution >= 4 is 17.7 Å². The Kier molecular flexibility index (Phi) is 6.51. The van der Waals surface area contributed by atoms with Gasteiger partial charge in [-0.25, -0.2) is 9.78 Å². The van der Waals surface area contributed by atoms with Crippen molar-refractivity contribution in [1.82, 2.24) is 10.3 Å². The summed E-state index contributed by atoms with van der Waals surface area (Å²) < 4.78 is 5.46. The zero-order valence-corrected chi connectivity index (χ0v) is 17.5. The van der Waals surface area contributed by atoms with Crippen molar-refractivity contribution in [1.29, 1.82) is 0 Å². The second kappa shape index (κ2) is 9.47. The monoisotopic (exact) mass is 438 g/mol. The van der Waals surface area contributed by atoms with Gasteiger partial charge in [-0.2, -0.15) is 0 Å². The summed E-state index contributed by atoms with van der Waals surface area (Å²) >= 11 is 5.81. The van der Waals surface area contributed by atoms with Crippen LogP contribution in [0.2, 0.25) is 5.15 Å². The number of hydrogen-bond donors (Lipinski definition) is 3. The van der Waals surface area contributed by atoms with E-state index in [1.165, 1.54) is 11.1 Å². The highest BCUT2D eigenvalue weighted by atomic mass is 35.5. The van der Waals surface area contributed by atoms with Crippen LogP contribution >= 0.6 is 11.6 Å². The van der Waals surface area contributed by atoms with Crippen LogP contribution in [-0.2, 0) is 4.74 Å². The van der Waals surface area contributed by atoms with Crippen LogP contribution in [0.5, 0.6) is 0 Å². The van der Waals surface area contributed by atoms with E-state index in [2.05, 4.69) is 34.6 Å². The van der Waals surface area contributed by atoms with Crippen molar-refractivity contribution in [2.24, 2.45) is 0 Å². The summed E-state index contributed by atoms with van der Waals surface area (Å²) in [5.41, 5.74) is 4.90.